The van der Waals surface area contributed by atoms with E-state index in [1.54, 1.807) is 24.3 Å². The van der Waals surface area contributed by atoms with Crippen LogP contribution in [0.2, 0.25) is 0 Å². The number of rotatable bonds is 2. The van der Waals surface area contributed by atoms with E-state index < -0.39 is 6.09 Å². The Morgan fingerprint density at radius 2 is 2.29 bits per heavy atom. The van der Waals surface area contributed by atoms with Crippen molar-refractivity contribution in [2.75, 3.05) is 18.0 Å². The molecular weight excluding hydrogens is 218 g/mol. The van der Waals surface area contributed by atoms with E-state index in [0.717, 1.165) is 0 Å². The molecule has 0 aromatic heterocycles. The van der Waals surface area contributed by atoms with Crippen molar-refractivity contribution in [1.29, 1.82) is 5.26 Å². The molecule has 1 heterocycles. The number of amides is 1. The Morgan fingerprint density at radius 3 is 2.94 bits per heavy atom. The van der Waals surface area contributed by atoms with Crippen molar-refractivity contribution in [2.24, 2.45) is 5.73 Å². The van der Waals surface area contributed by atoms with Gasteiger partial charge in [0.25, 0.3) is 0 Å². The second kappa shape index (κ2) is 4.85. The van der Waals surface area contributed by atoms with Crippen LogP contribution in [-0.2, 0) is 4.74 Å². The van der Waals surface area contributed by atoms with Crippen LogP contribution in [0.5, 0.6) is 0 Å². The summed E-state index contributed by atoms with van der Waals surface area (Å²) in [5.41, 5.74) is 6.52. The summed E-state index contributed by atoms with van der Waals surface area (Å²) in [6, 6.07) is 9.04. The standard InChI is InChI=1S/C12H13N3O2/c13-7-9-3-1-2-4-11(9)15-6-5-10(8-14)17-12(15)16/h1-4,10H,5-6,8,14H2. The quantitative estimate of drug-likeness (QED) is 0.830. The van der Waals surface area contributed by atoms with E-state index in [2.05, 4.69) is 6.07 Å². The fourth-order valence-electron chi connectivity index (χ4n) is 1.82. The first-order valence-electron chi connectivity index (χ1n) is 5.43. The number of benzene rings is 1. The van der Waals surface area contributed by atoms with Gasteiger partial charge in [-0.25, -0.2) is 4.79 Å². The molecule has 17 heavy (non-hydrogen) atoms. The number of carbonyl (C=O) groups is 1. The number of carbonyl (C=O) groups excluding carboxylic acids is 1. The van der Waals surface area contributed by atoms with Gasteiger partial charge >= 0.3 is 6.09 Å². The molecule has 88 valence electrons. The number of hydrogen-bond donors (Lipinski definition) is 1. The van der Waals surface area contributed by atoms with Gasteiger partial charge in [0.05, 0.1) is 11.3 Å². The lowest BCUT2D eigenvalue weighted by atomic mass is 10.1. The summed E-state index contributed by atoms with van der Waals surface area (Å²) in [6.07, 6.45) is 0.0320. The number of nitrogens with two attached hydrogens (primary N) is 1. The van der Waals surface area contributed by atoms with Crippen molar-refractivity contribution in [3.05, 3.63) is 29.8 Å². The summed E-state index contributed by atoms with van der Waals surface area (Å²) in [7, 11) is 0. The largest absolute Gasteiger partial charge is 0.444 e. The molecule has 1 aromatic rings. The molecule has 0 saturated carbocycles. The Morgan fingerprint density at radius 1 is 1.53 bits per heavy atom. The number of hydrogen-bond acceptors (Lipinski definition) is 4. The fraction of sp³-hybridized carbons (Fsp3) is 0.333. The third-order valence-electron chi connectivity index (χ3n) is 2.74. The van der Waals surface area contributed by atoms with Crippen molar-refractivity contribution in [1.82, 2.24) is 0 Å². The summed E-state index contributed by atoms with van der Waals surface area (Å²) >= 11 is 0. The highest BCUT2D eigenvalue weighted by atomic mass is 16.6. The lowest BCUT2D eigenvalue weighted by molar-refractivity contribution is 0.0887. The topological polar surface area (TPSA) is 79.3 Å². The molecule has 5 nitrogen and oxygen atoms in total. The summed E-state index contributed by atoms with van der Waals surface area (Å²) in [4.78, 5) is 13.2. The molecule has 2 N–H and O–H groups in total. The summed E-state index contributed by atoms with van der Waals surface area (Å²) in [5.74, 6) is 0. The van der Waals surface area contributed by atoms with Crippen LogP contribution in [0, 0.1) is 11.3 Å². The number of ether oxygens (including phenoxy) is 1. The second-order valence-electron chi connectivity index (χ2n) is 3.81. The molecule has 0 aliphatic carbocycles. The molecular formula is C12H13N3O2. The average Bonchev–Trinajstić information content (AvgIpc) is 2.38. The maximum atomic E-state index is 11.8. The number of cyclic esters (lactones) is 1. The van der Waals surface area contributed by atoms with Crippen molar-refractivity contribution in [3.8, 4) is 6.07 Å². The van der Waals surface area contributed by atoms with Crippen molar-refractivity contribution in [2.45, 2.75) is 12.5 Å². The highest BCUT2D eigenvalue weighted by Crippen LogP contribution is 2.24. The van der Waals surface area contributed by atoms with Gasteiger partial charge in [-0.15, -0.1) is 0 Å². The third-order valence-corrected chi connectivity index (χ3v) is 2.74. The highest BCUT2D eigenvalue weighted by Gasteiger charge is 2.28. The minimum atomic E-state index is -0.436. The highest BCUT2D eigenvalue weighted by molar-refractivity contribution is 5.90. The monoisotopic (exact) mass is 231 g/mol. The van der Waals surface area contributed by atoms with Crippen LogP contribution < -0.4 is 10.6 Å². The Bertz CT molecular complexity index is 467. The van der Waals surface area contributed by atoms with Crippen LogP contribution in [0.1, 0.15) is 12.0 Å². The molecule has 2 rings (SSSR count). The van der Waals surface area contributed by atoms with E-state index in [1.807, 2.05) is 0 Å². The first kappa shape index (κ1) is 11.4. The van der Waals surface area contributed by atoms with E-state index in [1.165, 1.54) is 4.90 Å². The number of anilines is 1. The third kappa shape index (κ3) is 2.22. The summed E-state index contributed by atoms with van der Waals surface area (Å²) < 4.78 is 5.15. The second-order valence-corrected chi connectivity index (χ2v) is 3.81. The summed E-state index contributed by atoms with van der Waals surface area (Å²) in [6.45, 7) is 0.860. The molecule has 1 aliphatic heterocycles. The zero-order valence-electron chi connectivity index (χ0n) is 9.30. The lowest BCUT2D eigenvalue weighted by Crippen LogP contribution is -2.44. The normalized spacial score (nSPS) is 19.6. The van der Waals surface area contributed by atoms with E-state index in [4.69, 9.17) is 15.7 Å². The Balaban J connectivity index is 2.24. The maximum Gasteiger partial charge on any atom is 0.414 e. The van der Waals surface area contributed by atoms with Crippen LogP contribution in [0.25, 0.3) is 0 Å². The van der Waals surface area contributed by atoms with Crippen molar-refractivity contribution in [3.63, 3.8) is 0 Å². The van der Waals surface area contributed by atoms with Crippen molar-refractivity contribution >= 4 is 11.8 Å². The van der Waals surface area contributed by atoms with E-state index >= 15 is 0 Å². The molecule has 1 saturated heterocycles. The van der Waals surface area contributed by atoms with E-state index in [9.17, 15) is 4.79 Å². The van der Waals surface area contributed by atoms with E-state index in [-0.39, 0.29) is 6.10 Å². The van der Waals surface area contributed by atoms with Crippen molar-refractivity contribution < 1.29 is 9.53 Å². The first-order valence-corrected chi connectivity index (χ1v) is 5.43. The molecule has 1 aliphatic rings. The molecule has 1 unspecified atom stereocenters. The van der Waals surface area contributed by atoms with Gasteiger partial charge in [0.1, 0.15) is 12.2 Å². The molecule has 1 atom stereocenters. The fourth-order valence-corrected chi connectivity index (χ4v) is 1.82. The van der Waals surface area contributed by atoms with E-state index in [0.29, 0.717) is 30.8 Å². The smallest absolute Gasteiger partial charge is 0.414 e. The molecule has 1 amide bonds. The predicted molar refractivity (Wildman–Crippen MR) is 62.4 cm³/mol. The average molecular weight is 231 g/mol. The Kier molecular flexibility index (Phi) is 3.26. The first-order chi connectivity index (χ1) is 8.26. The zero-order chi connectivity index (χ0) is 12.3. The van der Waals surface area contributed by atoms with Gasteiger partial charge in [0.2, 0.25) is 0 Å². The molecule has 0 spiro atoms. The SMILES string of the molecule is N#Cc1ccccc1N1CCC(CN)OC1=O. The number of para-hydroxylation sites is 1. The maximum absolute atomic E-state index is 11.8. The van der Waals surface area contributed by atoms with Crippen LogP contribution in [0.4, 0.5) is 10.5 Å². The molecule has 0 radical (unpaired) electrons. The predicted octanol–water partition coefficient (Wildman–Crippen LogP) is 1.23. The lowest BCUT2D eigenvalue weighted by Gasteiger charge is -2.31. The minimum Gasteiger partial charge on any atom is -0.444 e. The van der Waals surface area contributed by atoms with Gasteiger partial charge in [-0.2, -0.15) is 5.26 Å². The Hall–Kier alpha value is -2.06. The van der Waals surface area contributed by atoms with Gasteiger partial charge in [-0.1, -0.05) is 12.1 Å². The molecule has 1 fully saturated rings. The number of nitrogens with zero attached hydrogens (tertiary/aromatic N) is 2. The van der Waals surface area contributed by atoms with Gasteiger partial charge < -0.3 is 10.5 Å². The van der Waals surface area contributed by atoms with Gasteiger partial charge in [-0.05, 0) is 12.1 Å². The van der Waals surface area contributed by atoms with Crippen LogP contribution in [0.3, 0.4) is 0 Å². The number of nitriles is 1. The van der Waals surface area contributed by atoms with Crippen LogP contribution in [-0.4, -0.2) is 25.3 Å². The minimum absolute atomic E-state index is 0.215. The molecule has 1 aromatic carbocycles. The van der Waals surface area contributed by atoms with Crippen LogP contribution in [0.15, 0.2) is 24.3 Å². The summed E-state index contributed by atoms with van der Waals surface area (Å²) in [5, 5.41) is 8.98. The van der Waals surface area contributed by atoms with Gasteiger partial charge in [-0.3, -0.25) is 4.90 Å². The Labute approximate surface area is 99.4 Å². The molecule has 0 bridgehead atoms. The van der Waals surface area contributed by atoms with Gasteiger partial charge in [0, 0.05) is 19.5 Å². The van der Waals surface area contributed by atoms with Gasteiger partial charge in [0.15, 0.2) is 0 Å². The molecule has 5 heteroatoms. The van der Waals surface area contributed by atoms with Crippen LogP contribution >= 0.6 is 0 Å². The zero-order valence-corrected chi connectivity index (χ0v) is 9.30.